The summed E-state index contributed by atoms with van der Waals surface area (Å²) in [6, 6.07) is 2.21. The van der Waals surface area contributed by atoms with Gasteiger partial charge in [0.05, 0.1) is 17.0 Å². The zero-order valence-electron chi connectivity index (χ0n) is 9.82. The molecule has 17 heavy (non-hydrogen) atoms. The smallest absolute Gasteiger partial charge is 0.252 e. The number of thiophene rings is 1. The summed E-state index contributed by atoms with van der Waals surface area (Å²) < 4.78 is 0. The maximum Gasteiger partial charge on any atom is 0.252 e. The van der Waals surface area contributed by atoms with Crippen molar-refractivity contribution in [2.24, 2.45) is 11.7 Å². The van der Waals surface area contributed by atoms with Gasteiger partial charge in [0.1, 0.15) is 0 Å². The van der Waals surface area contributed by atoms with Crippen molar-refractivity contribution in [2.45, 2.75) is 25.8 Å². The van der Waals surface area contributed by atoms with Crippen molar-refractivity contribution in [3.8, 4) is 11.8 Å². The number of carbonyl (C=O) groups is 1. The Bertz CT molecular complexity index is 469. The maximum atomic E-state index is 11.9. The van der Waals surface area contributed by atoms with Gasteiger partial charge in [0.25, 0.3) is 5.91 Å². The van der Waals surface area contributed by atoms with E-state index in [1.807, 2.05) is 11.4 Å². The predicted octanol–water partition coefficient (Wildman–Crippen LogP) is 1.59. The quantitative estimate of drug-likeness (QED) is 0.798. The Balaban J connectivity index is 1.93. The summed E-state index contributed by atoms with van der Waals surface area (Å²) >= 11 is 1.48. The molecule has 1 aliphatic rings. The van der Waals surface area contributed by atoms with Crippen LogP contribution in [0.4, 0.5) is 0 Å². The molecule has 1 aromatic heterocycles. The standard InChI is InChI=1S/C13H16N2OS/c1-2-9-7-12(9)15-13(16)10-6-11(17-8-10)4-3-5-14/h6,8-9,12H,2,5,7,14H2,1H3,(H,15,16). The van der Waals surface area contributed by atoms with Crippen LogP contribution in [-0.2, 0) is 0 Å². The van der Waals surface area contributed by atoms with E-state index >= 15 is 0 Å². The van der Waals surface area contributed by atoms with Gasteiger partial charge in [-0.15, -0.1) is 11.3 Å². The molecule has 0 radical (unpaired) electrons. The van der Waals surface area contributed by atoms with Crippen LogP contribution in [0.15, 0.2) is 11.4 Å². The molecule has 1 heterocycles. The molecule has 2 unspecified atom stereocenters. The number of rotatable bonds is 3. The molecule has 1 saturated carbocycles. The maximum absolute atomic E-state index is 11.9. The molecule has 0 bridgehead atoms. The molecule has 3 nitrogen and oxygen atoms in total. The third-order valence-electron chi connectivity index (χ3n) is 2.94. The number of amides is 1. The van der Waals surface area contributed by atoms with Crippen molar-refractivity contribution >= 4 is 17.2 Å². The van der Waals surface area contributed by atoms with E-state index in [1.165, 1.54) is 11.3 Å². The van der Waals surface area contributed by atoms with Gasteiger partial charge >= 0.3 is 0 Å². The van der Waals surface area contributed by atoms with E-state index in [9.17, 15) is 4.79 Å². The second-order valence-corrected chi connectivity index (χ2v) is 5.10. The van der Waals surface area contributed by atoms with Gasteiger partial charge in [-0.05, 0) is 18.4 Å². The van der Waals surface area contributed by atoms with E-state index in [4.69, 9.17) is 5.73 Å². The summed E-state index contributed by atoms with van der Waals surface area (Å²) in [5, 5.41) is 4.88. The minimum atomic E-state index is 0.0167. The molecule has 4 heteroatoms. The molecular formula is C13H16N2OS. The number of carbonyl (C=O) groups excluding carboxylic acids is 1. The van der Waals surface area contributed by atoms with Crippen molar-refractivity contribution in [3.63, 3.8) is 0 Å². The monoisotopic (exact) mass is 248 g/mol. The molecule has 1 aliphatic carbocycles. The molecule has 2 atom stereocenters. The second-order valence-electron chi connectivity index (χ2n) is 4.19. The van der Waals surface area contributed by atoms with Gasteiger partial charge in [-0.25, -0.2) is 0 Å². The number of hydrogen-bond donors (Lipinski definition) is 2. The zero-order valence-corrected chi connectivity index (χ0v) is 10.6. The average Bonchev–Trinajstić information content (AvgIpc) is 2.90. The van der Waals surface area contributed by atoms with Crippen LogP contribution in [0.25, 0.3) is 0 Å². The summed E-state index contributed by atoms with van der Waals surface area (Å²) in [5.74, 6) is 6.41. The van der Waals surface area contributed by atoms with Crippen LogP contribution < -0.4 is 11.1 Å². The highest BCUT2D eigenvalue weighted by molar-refractivity contribution is 7.10. The average molecular weight is 248 g/mol. The van der Waals surface area contributed by atoms with Crippen molar-refractivity contribution < 1.29 is 4.79 Å². The first-order chi connectivity index (χ1) is 8.24. The zero-order chi connectivity index (χ0) is 12.3. The molecule has 2 rings (SSSR count). The largest absolute Gasteiger partial charge is 0.349 e. The van der Waals surface area contributed by atoms with E-state index in [0.717, 1.165) is 17.7 Å². The molecule has 1 aromatic rings. The Morgan fingerprint density at radius 1 is 1.71 bits per heavy atom. The summed E-state index contributed by atoms with van der Waals surface area (Å²) in [4.78, 5) is 12.8. The number of nitrogens with two attached hydrogens (primary N) is 1. The van der Waals surface area contributed by atoms with Crippen LogP contribution in [0, 0.1) is 17.8 Å². The number of hydrogen-bond acceptors (Lipinski definition) is 3. The van der Waals surface area contributed by atoms with Crippen molar-refractivity contribution in [3.05, 3.63) is 21.9 Å². The summed E-state index contributed by atoms with van der Waals surface area (Å²) in [6.07, 6.45) is 2.26. The molecule has 0 spiro atoms. The Labute approximate surface area is 105 Å². The van der Waals surface area contributed by atoms with Crippen molar-refractivity contribution in [1.29, 1.82) is 0 Å². The van der Waals surface area contributed by atoms with E-state index in [0.29, 0.717) is 24.1 Å². The van der Waals surface area contributed by atoms with Gasteiger partial charge in [0, 0.05) is 11.4 Å². The minimum Gasteiger partial charge on any atom is -0.349 e. The number of nitrogens with one attached hydrogen (secondary N) is 1. The fourth-order valence-electron chi connectivity index (χ4n) is 1.79. The molecule has 1 amide bonds. The predicted molar refractivity (Wildman–Crippen MR) is 69.9 cm³/mol. The molecule has 0 aromatic carbocycles. The van der Waals surface area contributed by atoms with Crippen LogP contribution in [0.1, 0.15) is 35.0 Å². The molecular weight excluding hydrogens is 232 g/mol. The Morgan fingerprint density at radius 2 is 2.53 bits per heavy atom. The lowest BCUT2D eigenvalue weighted by Gasteiger charge is -2.01. The highest BCUT2D eigenvalue weighted by Crippen LogP contribution is 2.33. The molecule has 0 saturated heterocycles. The van der Waals surface area contributed by atoms with Crippen LogP contribution in [0.5, 0.6) is 0 Å². The van der Waals surface area contributed by atoms with Gasteiger partial charge in [0.15, 0.2) is 0 Å². The summed E-state index contributed by atoms with van der Waals surface area (Å²) in [5.41, 5.74) is 6.01. The fraction of sp³-hybridized carbons (Fsp3) is 0.462. The highest BCUT2D eigenvalue weighted by atomic mass is 32.1. The first-order valence-corrected chi connectivity index (χ1v) is 6.71. The van der Waals surface area contributed by atoms with Gasteiger partial charge in [-0.1, -0.05) is 25.2 Å². The van der Waals surface area contributed by atoms with Gasteiger partial charge in [-0.2, -0.15) is 0 Å². The highest BCUT2D eigenvalue weighted by Gasteiger charge is 2.36. The third kappa shape index (κ3) is 3.09. The molecule has 90 valence electrons. The normalized spacial score (nSPS) is 21.5. The summed E-state index contributed by atoms with van der Waals surface area (Å²) in [7, 11) is 0. The van der Waals surface area contributed by atoms with Crippen LogP contribution in [0.3, 0.4) is 0 Å². The Morgan fingerprint density at radius 3 is 3.18 bits per heavy atom. The SMILES string of the molecule is CCC1CC1NC(=O)c1csc(C#CCN)c1. The minimum absolute atomic E-state index is 0.0167. The van der Waals surface area contributed by atoms with Crippen molar-refractivity contribution in [1.82, 2.24) is 5.32 Å². The first-order valence-electron chi connectivity index (χ1n) is 5.83. The fourth-order valence-corrected chi connectivity index (χ4v) is 2.54. The van der Waals surface area contributed by atoms with Gasteiger partial charge in [0.2, 0.25) is 0 Å². The lowest BCUT2D eigenvalue weighted by atomic mass is 10.2. The lowest BCUT2D eigenvalue weighted by Crippen LogP contribution is -2.26. The topological polar surface area (TPSA) is 55.1 Å². The molecule has 0 aliphatic heterocycles. The second kappa shape index (κ2) is 5.35. The van der Waals surface area contributed by atoms with Gasteiger partial charge in [-0.3, -0.25) is 4.79 Å². The Kier molecular flexibility index (Phi) is 3.82. The van der Waals surface area contributed by atoms with Crippen LogP contribution in [0.2, 0.25) is 0 Å². The first kappa shape index (κ1) is 12.2. The molecule has 1 fully saturated rings. The van der Waals surface area contributed by atoms with Crippen molar-refractivity contribution in [2.75, 3.05) is 6.54 Å². The van der Waals surface area contributed by atoms with E-state index in [2.05, 4.69) is 24.1 Å². The summed E-state index contributed by atoms with van der Waals surface area (Å²) in [6.45, 7) is 2.50. The lowest BCUT2D eigenvalue weighted by molar-refractivity contribution is 0.0949. The van der Waals surface area contributed by atoms with E-state index < -0.39 is 0 Å². The third-order valence-corrected chi connectivity index (χ3v) is 3.78. The Hall–Kier alpha value is -1.31. The molecule has 3 N–H and O–H groups in total. The van der Waals surface area contributed by atoms with Crippen LogP contribution >= 0.6 is 11.3 Å². The van der Waals surface area contributed by atoms with Crippen LogP contribution in [-0.4, -0.2) is 18.5 Å². The van der Waals surface area contributed by atoms with E-state index in [1.54, 1.807) is 0 Å². The van der Waals surface area contributed by atoms with E-state index in [-0.39, 0.29) is 5.91 Å². The van der Waals surface area contributed by atoms with Gasteiger partial charge < -0.3 is 11.1 Å².